The molecule has 0 spiro atoms. The lowest BCUT2D eigenvalue weighted by molar-refractivity contribution is -0.131. The Morgan fingerprint density at radius 1 is 1.50 bits per heavy atom. The fraction of sp³-hybridized carbons (Fsp3) is 0.571. The zero-order chi connectivity index (χ0) is 15.3. The van der Waals surface area contributed by atoms with Crippen LogP contribution in [0.15, 0.2) is 10.5 Å². The van der Waals surface area contributed by atoms with Crippen molar-refractivity contribution in [2.24, 2.45) is 0 Å². The summed E-state index contributed by atoms with van der Waals surface area (Å²) >= 11 is 0. The normalized spacial score (nSPS) is 12.1. The topological polar surface area (TPSA) is 71.8 Å². The van der Waals surface area contributed by atoms with E-state index in [0.29, 0.717) is 30.2 Å². The van der Waals surface area contributed by atoms with Crippen molar-refractivity contribution in [2.75, 3.05) is 20.7 Å². The quantitative estimate of drug-likeness (QED) is 0.797. The van der Waals surface area contributed by atoms with E-state index in [1.807, 2.05) is 6.92 Å². The van der Waals surface area contributed by atoms with Crippen molar-refractivity contribution in [3.05, 3.63) is 23.2 Å². The molecule has 1 amide bonds. The lowest BCUT2D eigenvalue weighted by atomic mass is 10.2. The van der Waals surface area contributed by atoms with Crippen molar-refractivity contribution < 1.29 is 18.7 Å². The first-order chi connectivity index (χ1) is 9.40. The number of nitrogens with one attached hydrogen (secondary N) is 1. The van der Waals surface area contributed by atoms with E-state index in [1.54, 1.807) is 31.9 Å². The molecular weight excluding hydrogens is 260 g/mol. The molecule has 0 aliphatic heterocycles. The predicted octanol–water partition coefficient (Wildman–Crippen LogP) is 1.33. The van der Waals surface area contributed by atoms with E-state index in [4.69, 9.17) is 4.42 Å². The van der Waals surface area contributed by atoms with Gasteiger partial charge in [-0.15, -0.1) is 0 Å². The van der Waals surface area contributed by atoms with Crippen molar-refractivity contribution in [3.63, 3.8) is 0 Å². The second kappa shape index (κ2) is 7.09. The molecule has 20 heavy (non-hydrogen) atoms. The molecule has 0 aromatic carbocycles. The summed E-state index contributed by atoms with van der Waals surface area (Å²) in [4.78, 5) is 25.0. The molecule has 0 aliphatic rings. The fourth-order valence-electron chi connectivity index (χ4n) is 1.77. The molecule has 1 aromatic rings. The van der Waals surface area contributed by atoms with Gasteiger partial charge in [-0.2, -0.15) is 0 Å². The van der Waals surface area contributed by atoms with Gasteiger partial charge in [-0.3, -0.25) is 10.1 Å². The van der Waals surface area contributed by atoms with Gasteiger partial charge in [0, 0.05) is 13.6 Å². The number of amides is 1. The van der Waals surface area contributed by atoms with E-state index >= 15 is 0 Å². The lowest BCUT2D eigenvalue weighted by Crippen LogP contribution is -2.42. The molecule has 6 heteroatoms. The SMILES string of the molecule is CCN(C)C(=O)C(C)NCc1cc(C(=O)OC)c(C)o1. The zero-order valence-electron chi connectivity index (χ0n) is 12.6. The van der Waals surface area contributed by atoms with Gasteiger partial charge in [0.15, 0.2) is 0 Å². The van der Waals surface area contributed by atoms with Gasteiger partial charge < -0.3 is 14.1 Å². The molecule has 0 saturated heterocycles. The predicted molar refractivity (Wildman–Crippen MR) is 74.4 cm³/mol. The maximum atomic E-state index is 11.9. The number of esters is 1. The van der Waals surface area contributed by atoms with E-state index in [2.05, 4.69) is 10.1 Å². The maximum absolute atomic E-state index is 11.9. The van der Waals surface area contributed by atoms with Crippen LogP contribution >= 0.6 is 0 Å². The molecule has 6 nitrogen and oxygen atoms in total. The Kier molecular flexibility index (Phi) is 5.76. The average molecular weight is 282 g/mol. The molecule has 1 atom stereocenters. The molecular formula is C14H22N2O4. The number of likely N-dealkylation sites (N-methyl/N-ethyl adjacent to an activating group) is 1. The summed E-state index contributed by atoms with van der Waals surface area (Å²) in [5.41, 5.74) is 0.411. The summed E-state index contributed by atoms with van der Waals surface area (Å²) in [6.45, 7) is 6.46. The molecule has 0 aliphatic carbocycles. The van der Waals surface area contributed by atoms with Crippen molar-refractivity contribution in [1.82, 2.24) is 10.2 Å². The van der Waals surface area contributed by atoms with E-state index in [1.165, 1.54) is 7.11 Å². The van der Waals surface area contributed by atoms with Crippen LogP contribution in [0.5, 0.6) is 0 Å². The average Bonchev–Trinajstić information content (AvgIpc) is 2.83. The number of hydrogen-bond donors (Lipinski definition) is 1. The van der Waals surface area contributed by atoms with Crippen LogP contribution in [0.25, 0.3) is 0 Å². The van der Waals surface area contributed by atoms with Gasteiger partial charge in [-0.1, -0.05) is 0 Å². The molecule has 1 N–H and O–H groups in total. The third-order valence-electron chi connectivity index (χ3n) is 3.18. The Hall–Kier alpha value is -1.82. The Balaban J connectivity index is 2.62. The molecule has 1 rings (SSSR count). The lowest BCUT2D eigenvalue weighted by Gasteiger charge is -2.20. The summed E-state index contributed by atoms with van der Waals surface area (Å²) < 4.78 is 10.1. The number of rotatable bonds is 6. The van der Waals surface area contributed by atoms with Gasteiger partial charge in [0.1, 0.15) is 17.1 Å². The molecule has 0 fully saturated rings. The number of furan rings is 1. The highest BCUT2D eigenvalue weighted by Crippen LogP contribution is 2.15. The Labute approximate surface area is 119 Å². The first kappa shape index (κ1) is 16.2. The van der Waals surface area contributed by atoms with Crippen LogP contribution in [0.1, 0.15) is 35.7 Å². The summed E-state index contributed by atoms with van der Waals surface area (Å²) in [5.74, 6) is 0.705. The first-order valence-electron chi connectivity index (χ1n) is 6.56. The van der Waals surface area contributed by atoms with Gasteiger partial charge in [0.25, 0.3) is 0 Å². The van der Waals surface area contributed by atoms with Gasteiger partial charge in [0.05, 0.1) is 19.7 Å². The highest BCUT2D eigenvalue weighted by Gasteiger charge is 2.18. The number of ether oxygens (including phenoxy) is 1. The molecule has 0 radical (unpaired) electrons. The van der Waals surface area contributed by atoms with Gasteiger partial charge in [0.2, 0.25) is 5.91 Å². The van der Waals surface area contributed by atoms with Crippen molar-refractivity contribution in [2.45, 2.75) is 33.4 Å². The number of aryl methyl sites for hydroxylation is 1. The summed E-state index contributed by atoms with van der Waals surface area (Å²) in [6.07, 6.45) is 0. The van der Waals surface area contributed by atoms with Crippen LogP contribution in [-0.2, 0) is 16.1 Å². The number of carbonyl (C=O) groups is 2. The van der Waals surface area contributed by atoms with Crippen LogP contribution in [0.3, 0.4) is 0 Å². The summed E-state index contributed by atoms with van der Waals surface area (Å²) in [7, 11) is 3.08. The summed E-state index contributed by atoms with van der Waals surface area (Å²) in [5, 5.41) is 3.07. The van der Waals surface area contributed by atoms with Crippen molar-refractivity contribution in [3.8, 4) is 0 Å². The molecule has 0 saturated carbocycles. The minimum absolute atomic E-state index is 0.0176. The number of nitrogens with zero attached hydrogens (tertiary/aromatic N) is 1. The smallest absolute Gasteiger partial charge is 0.341 e. The number of hydrogen-bond acceptors (Lipinski definition) is 5. The number of methoxy groups -OCH3 is 1. The van der Waals surface area contributed by atoms with Gasteiger partial charge in [-0.05, 0) is 26.8 Å². The molecule has 112 valence electrons. The van der Waals surface area contributed by atoms with E-state index in [9.17, 15) is 9.59 Å². The Bertz CT molecular complexity index is 482. The standard InChI is InChI=1S/C14H22N2O4/c1-6-16(4)13(17)9(2)15-8-11-7-12(10(3)20-11)14(18)19-5/h7,9,15H,6,8H2,1-5H3. The van der Waals surface area contributed by atoms with Crippen molar-refractivity contribution >= 4 is 11.9 Å². The van der Waals surface area contributed by atoms with Gasteiger partial charge >= 0.3 is 5.97 Å². The van der Waals surface area contributed by atoms with Crippen LogP contribution in [0.4, 0.5) is 0 Å². The largest absolute Gasteiger partial charge is 0.465 e. The van der Waals surface area contributed by atoms with Crippen molar-refractivity contribution in [1.29, 1.82) is 0 Å². The second-order valence-corrected chi connectivity index (χ2v) is 4.63. The first-order valence-corrected chi connectivity index (χ1v) is 6.56. The van der Waals surface area contributed by atoms with Crippen LogP contribution in [0.2, 0.25) is 0 Å². The third kappa shape index (κ3) is 3.84. The van der Waals surface area contributed by atoms with E-state index < -0.39 is 5.97 Å². The molecule has 1 heterocycles. The molecule has 0 bridgehead atoms. The summed E-state index contributed by atoms with van der Waals surface area (Å²) in [6, 6.07) is 1.32. The highest BCUT2D eigenvalue weighted by molar-refractivity contribution is 5.90. The zero-order valence-corrected chi connectivity index (χ0v) is 12.6. The molecule has 1 unspecified atom stereocenters. The minimum atomic E-state index is -0.424. The van der Waals surface area contributed by atoms with E-state index in [-0.39, 0.29) is 11.9 Å². The maximum Gasteiger partial charge on any atom is 0.341 e. The monoisotopic (exact) mass is 282 g/mol. The van der Waals surface area contributed by atoms with E-state index in [0.717, 1.165) is 0 Å². The number of carbonyl (C=O) groups excluding carboxylic acids is 2. The Morgan fingerprint density at radius 2 is 2.15 bits per heavy atom. The highest BCUT2D eigenvalue weighted by atomic mass is 16.5. The minimum Gasteiger partial charge on any atom is -0.465 e. The van der Waals surface area contributed by atoms with Crippen LogP contribution in [0, 0.1) is 6.92 Å². The Morgan fingerprint density at radius 3 is 2.70 bits per heavy atom. The third-order valence-corrected chi connectivity index (χ3v) is 3.18. The fourth-order valence-corrected chi connectivity index (χ4v) is 1.77. The van der Waals surface area contributed by atoms with Gasteiger partial charge in [-0.25, -0.2) is 4.79 Å². The van der Waals surface area contributed by atoms with Crippen LogP contribution in [-0.4, -0.2) is 43.5 Å². The second-order valence-electron chi connectivity index (χ2n) is 4.63. The van der Waals surface area contributed by atoms with Crippen LogP contribution < -0.4 is 5.32 Å². The molecule has 1 aromatic heterocycles.